The molecule has 3 heterocycles. The molecule has 26 heavy (non-hydrogen) atoms. The number of cyclic esters (lactones) is 2. The van der Waals surface area contributed by atoms with Gasteiger partial charge in [0.15, 0.2) is 0 Å². The summed E-state index contributed by atoms with van der Waals surface area (Å²) in [6.07, 6.45) is 5.93. The first-order valence-corrected chi connectivity index (χ1v) is 9.43. The molecule has 2 saturated carbocycles. The molecule has 2 spiro atoms. The van der Waals surface area contributed by atoms with Crippen molar-refractivity contribution >= 4 is 17.7 Å². The van der Waals surface area contributed by atoms with Crippen molar-refractivity contribution in [3.8, 4) is 0 Å². The fourth-order valence-electron chi connectivity index (χ4n) is 6.29. The highest BCUT2D eigenvalue weighted by atomic mass is 16.6. The molecule has 138 valence electrons. The molecular weight excluding hydrogens is 336 g/mol. The fraction of sp³-hybridized carbons (Fsp3) is 0.650. The van der Waals surface area contributed by atoms with E-state index >= 15 is 0 Å². The molecule has 2 saturated heterocycles. The summed E-state index contributed by atoms with van der Waals surface area (Å²) in [6, 6.07) is 1.82. The molecule has 4 aliphatic rings. The second-order valence-electron chi connectivity index (χ2n) is 8.41. The Morgan fingerprint density at radius 3 is 2.77 bits per heavy atom. The van der Waals surface area contributed by atoms with Gasteiger partial charge in [-0.05, 0) is 30.7 Å². The third kappa shape index (κ3) is 1.75. The lowest BCUT2D eigenvalue weighted by Gasteiger charge is -2.54. The molecule has 1 aromatic heterocycles. The standard InChI is InChI=1S/C20H22O6/c1-11-7-16(21)20-10-25-17(22)13(20)3-2-4-15(20)19(11)8-14(26-18(19)23)12-5-6-24-9-12/h5-6,9,11,13-15H,2-4,7-8,10H2,1H3/t11-,13-,14-,15+,19+,20-/m0/s1. The normalized spacial score (nSPS) is 44.6. The van der Waals surface area contributed by atoms with Crippen LogP contribution >= 0.6 is 0 Å². The number of rotatable bonds is 1. The lowest BCUT2D eigenvalue weighted by Crippen LogP contribution is -2.61. The number of esters is 2. The van der Waals surface area contributed by atoms with Gasteiger partial charge in [-0.15, -0.1) is 0 Å². The van der Waals surface area contributed by atoms with Crippen molar-refractivity contribution in [1.82, 2.24) is 0 Å². The highest BCUT2D eigenvalue weighted by Crippen LogP contribution is 2.67. The molecular formula is C20H22O6. The number of ketones is 1. The summed E-state index contributed by atoms with van der Waals surface area (Å²) in [6.45, 7) is 2.10. The van der Waals surface area contributed by atoms with Crippen molar-refractivity contribution in [3.05, 3.63) is 24.2 Å². The summed E-state index contributed by atoms with van der Waals surface area (Å²) in [5.74, 6) is -1.11. The van der Waals surface area contributed by atoms with Gasteiger partial charge in [-0.2, -0.15) is 0 Å². The third-order valence-electron chi connectivity index (χ3n) is 7.55. The largest absolute Gasteiger partial charge is 0.472 e. The second-order valence-corrected chi connectivity index (χ2v) is 8.41. The van der Waals surface area contributed by atoms with Crippen LogP contribution in [0.15, 0.2) is 23.0 Å². The molecule has 0 aromatic carbocycles. The third-order valence-corrected chi connectivity index (χ3v) is 7.55. The predicted molar refractivity (Wildman–Crippen MR) is 87.6 cm³/mol. The van der Waals surface area contributed by atoms with Gasteiger partial charge in [0.1, 0.15) is 18.5 Å². The number of furan rings is 1. The van der Waals surface area contributed by atoms with E-state index in [2.05, 4.69) is 0 Å². The van der Waals surface area contributed by atoms with E-state index in [1.807, 2.05) is 13.0 Å². The SMILES string of the molecule is C[C@H]1CC(=O)[C@@]23COC(=O)[C@@H]2CCC[C@@H]3[C@@]12C[C@@H](c1ccoc1)OC2=O. The van der Waals surface area contributed by atoms with Crippen molar-refractivity contribution in [3.63, 3.8) is 0 Å². The van der Waals surface area contributed by atoms with Crippen LogP contribution in [0, 0.1) is 28.6 Å². The van der Waals surface area contributed by atoms with Crippen LogP contribution in [0.25, 0.3) is 0 Å². The summed E-state index contributed by atoms with van der Waals surface area (Å²) >= 11 is 0. The molecule has 6 nitrogen and oxygen atoms in total. The molecule has 0 amide bonds. The summed E-state index contributed by atoms with van der Waals surface area (Å²) in [5, 5.41) is 0. The van der Waals surface area contributed by atoms with E-state index in [-0.39, 0.29) is 42.3 Å². The van der Waals surface area contributed by atoms with Crippen LogP contribution in [0.2, 0.25) is 0 Å². The number of hydrogen-bond acceptors (Lipinski definition) is 6. The lowest BCUT2D eigenvalue weighted by atomic mass is 9.44. The minimum absolute atomic E-state index is 0.0933. The smallest absolute Gasteiger partial charge is 0.313 e. The molecule has 6 heteroatoms. The minimum atomic E-state index is -0.841. The van der Waals surface area contributed by atoms with Gasteiger partial charge in [-0.25, -0.2) is 0 Å². The van der Waals surface area contributed by atoms with Crippen molar-refractivity contribution in [1.29, 1.82) is 0 Å². The van der Waals surface area contributed by atoms with E-state index in [0.29, 0.717) is 19.3 Å². The average molecular weight is 358 g/mol. The van der Waals surface area contributed by atoms with Gasteiger partial charge in [-0.3, -0.25) is 14.4 Å². The van der Waals surface area contributed by atoms with Crippen LogP contribution in [-0.4, -0.2) is 24.3 Å². The Hall–Kier alpha value is -2.11. The Morgan fingerprint density at radius 2 is 2.00 bits per heavy atom. The highest BCUT2D eigenvalue weighted by molar-refractivity contribution is 5.96. The number of carbonyl (C=O) groups excluding carboxylic acids is 3. The van der Waals surface area contributed by atoms with Crippen LogP contribution < -0.4 is 0 Å². The second kappa shape index (κ2) is 5.21. The van der Waals surface area contributed by atoms with Gasteiger partial charge >= 0.3 is 11.9 Å². The summed E-state index contributed by atoms with van der Waals surface area (Å²) in [5.41, 5.74) is -0.728. The Morgan fingerprint density at radius 1 is 1.15 bits per heavy atom. The van der Waals surface area contributed by atoms with Crippen molar-refractivity contribution < 1.29 is 28.3 Å². The van der Waals surface area contributed by atoms with Crippen LogP contribution in [0.4, 0.5) is 0 Å². The quantitative estimate of drug-likeness (QED) is 0.718. The lowest BCUT2D eigenvalue weighted by molar-refractivity contribution is -0.174. The van der Waals surface area contributed by atoms with Crippen LogP contribution in [0.5, 0.6) is 0 Å². The van der Waals surface area contributed by atoms with Crippen LogP contribution in [0.3, 0.4) is 0 Å². The van der Waals surface area contributed by atoms with Gasteiger partial charge in [0.25, 0.3) is 0 Å². The number of ether oxygens (including phenoxy) is 2. The molecule has 2 aliphatic carbocycles. The minimum Gasteiger partial charge on any atom is -0.472 e. The first-order valence-electron chi connectivity index (χ1n) is 9.43. The van der Waals surface area contributed by atoms with E-state index < -0.39 is 16.7 Å². The van der Waals surface area contributed by atoms with Gasteiger partial charge in [-0.1, -0.05) is 13.3 Å². The Kier molecular flexibility index (Phi) is 3.22. The van der Waals surface area contributed by atoms with Crippen molar-refractivity contribution in [2.45, 2.75) is 45.1 Å². The van der Waals surface area contributed by atoms with E-state index in [4.69, 9.17) is 13.9 Å². The molecule has 5 rings (SSSR count). The average Bonchev–Trinajstić information content (AvgIpc) is 3.33. The highest BCUT2D eigenvalue weighted by Gasteiger charge is 2.73. The fourth-order valence-corrected chi connectivity index (χ4v) is 6.29. The zero-order chi connectivity index (χ0) is 18.1. The maximum Gasteiger partial charge on any atom is 0.313 e. The first kappa shape index (κ1) is 16.1. The number of Topliss-reactive ketones (excluding diaryl/α,β-unsaturated/α-hetero) is 1. The summed E-state index contributed by atoms with van der Waals surface area (Å²) in [4.78, 5) is 38.7. The molecule has 4 fully saturated rings. The van der Waals surface area contributed by atoms with Gasteiger partial charge in [0.2, 0.25) is 0 Å². The van der Waals surface area contributed by atoms with E-state index in [0.717, 1.165) is 18.4 Å². The zero-order valence-corrected chi connectivity index (χ0v) is 14.7. The van der Waals surface area contributed by atoms with Crippen molar-refractivity contribution in [2.75, 3.05) is 6.61 Å². The van der Waals surface area contributed by atoms with Gasteiger partial charge < -0.3 is 13.9 Å². The molecule has 0 radical (unpaired) electrons. The van der Waals surface area contributed by atoms with Crippen LogP contribution in [-0.2, 0) is 23.9 Å². The molecule has 1 aromatic rings. The summed E-state index contributed by atoms with van der Waals surface area (Å²) < 4.78 is 16.3. The summed E-state index contributed by atoms with van der Waals surface area (Å²) in [7, 11) is 0. The monoisotopic (exact) mass is 358 g/mol. The topological polar surface area (TPSA) is 82.8 Å². The zero-order valence-electron chi connectivity index (χ0n) is 14.7. The van der Waals surface area contributed by atoms with E-state index in [9.17, 15) is 14.4 Å². The first-order chi connectivity index (χ1) is 12.5. The molecule has 6 atom stereocenters. The number of hydrogen-bond donors (Lipinski definition) is 0. The van der Waals surface area contributed by atoms with Gasteiger partial charge in [0.05, 0.1) is 29.3 Å². The maximum atomic E-state index is 13.2. The Balaban J connectivity index is 1.61. The van der Waals surface area contributed by atoms with Crippen molar-refractivity contribution in [2.24, 2.45) is 28.6 Å². The maximum absolute atomic E-state index is 13.2. The molecule has 0 unspecified atom stereocenters. The molecule has 0 bridgehead atoms. The Labute approximate surface area is 151 Å². The van der Waals surface area contributed by atoms with E-state index in [1.54, 1.807) is 12.5 Å². The predicted octanol–water partition coefficient (Wildman–Crippen LogP) is 2.82. The number of fused-ring (bicyclic) bond motifs is 1. The number of carbonyl (C=O) groups is 3. The Bertz CT molecular complexity index is 782. The van der Waals surface area contributed by atoms with Gasteiger partial charge in [0, 0.05) is 18.4 Å². The molecule has 2 aliphatic heterocycles. The molecule has 0 N–H and O–H groups in total. The van der Waals surface area contributed by atoms with E-state index in [1.165, 1.54) is 0 Å². The van der Waals surface area contributed by atoms with Crippen LogP contribution in [0.1, 0.15) is 50.7 Å².